The molecule has 0 aliphatic rings. The highest BCUT2D eigenvalue weighted by molar-refractivity contribution is 7.89. The van der Waals surface area contributed by atoms with Crippen LogP contribution < -0.4 is 10.5 Å². The van der Waals surface area contributed by atoms with Crippen LogP contribution in [0.3, 0.4) is 0 Å². The van der Waals surface area contributed by atoms with E-state index in [2.05, 4.69) is 16.6 Å². The minimum absolute atomic E-state index is 0.00129. The standard InChI is InChI=1S/C13H16N2O4S/c1-10(13(14)17)15-20(18,19)12-7-4-6-11(9-12)5-2-3-8-16/h4,6-7,9-10,15-16H,3,8H2,1H3,(H2,14,17). The second kappa shape index (κ2) is 7.05. The molecule has 1 aromatic rings. The van der Waals surface area contributed by atoms with Gasteiger partial charge in [0, 0.05) is 12.0 Å². The average molecular weight is 296 g/mol. The smallest absolute Gasteiger partial charge is 0.241 e. The number of aliphatic hydroxyl groups excluding tert-OH is 1. The van der Waals surface area contributed by atoms with E-state index in [1.165, 1.54) is 19.1 Å². The Hall–Kier alpha value is -1.88. The number of aliphatic hydroxyl groups is 1. The van der Waals surface area contributed by atoms with Crippen LogP contribution in [0.4, 0.5) is 0 Å². The van der Waals surface area contributed by atoms with Crippen molar-refractivity contribution in [3.8, 4) is 11.8 Å². The van der Waals surface area contributed by atoms with E-state index in [1.807, 2.05) is 0 Å². The van der Waals surface area contributed by atoms with E-state index in [0.29, 0.717) is 12.0 Å². The van der Waals surface area contributed by atoms with Gasteiger partial charge in [0.05, 0.1) is 17.5 Å². The fraction of sp³-hybridized carbons (Fsp3) is 0.308. The van der Waals surface area contributed by atoms with Crippen molar-refractivity contribution in [3.63, 3.8) is 0 Å². The molecule has 1 unspecified atom stereocenters. The fourth-order valence-electron chi connectivity index (χ4n) is 1.32. The lowest BCUT2D eigenvalue weighted by molar-refractivity contribution is -0.119. The molecule has 0 saturated carbocycles. The first-order valence-electron chi connectivity index (χ1n) is 5.88. The molecule has 0 fully saturated rings. The molecular formula is C13H16N2O4S. The van der Waals surface area contributed by atoms with E-state index in [4.69, 9.17) is 10.8 Å². The fourth-order valence-corrected chi connectivity index (χ4v) is 2.58. The van der Waals surface area contributed by atoms with Crippen molar-refractivity contribution in [2.45, 2.75) is 24.3 Å². The van der Waals surface area contributed by atoms with Gasteiger partial charge in [-0.3, -0.25) is 4.79 Å². The van der Waals surface area contributed by atoms with Crippen molar-refractivity contribution in [1.82, 2.24) is 4.72 Å². The Kier molecular flexibility index (Phi) is 5.70. The van der Waals surface area contributed by atoms with E-state index < -0.39 is 22.0 Å². The Morgan fingerprint density at radius 2 is 2.20 bits per heavy atom. The second-order valence-electron chi connectivity index (χ2n) is 4.05. The number of carbonyl (C=O) groups excluding carboxylic acids is 1. The Balaban J connectivity index is 2.99. The predicted molar refractivity (Wildman–Crippen MR) is 74.0 cm³/mol. The van der Waals surface area contributed by atoms with Crippen molar-refractivity contribution in [3.05, 3.63) is 29.8 Å². The van der Waals surface area contributed by atoms with E-state index >= 15 is 0 Å². The van der Waals surface area contributed by atoms with E-state index in [1.54, 1.807) is 12.1 Å². The molecule has 0 aliphatic carbocycles. The van der Waals surface area contributed by atoms with Gasteiger partial charge in [0.2, 0.25) is 15.9 Å². The summed E-state index contributed by atoms with van der Waals surface area (Å²) < 4.78 is 26.2. The third-order valence-electron chi connectivity index (χ3n) is 2.37. The molecule has 0 radical (unpaired) electrons. The largest absolute Gasteiger partial charge is 0.395 e. The van der Waals surface area contributed by atoms with Crippen LogP contribution in [0.25, 0.3) is 0 Å². The molecule has 1 aromatic carbocycles. The van der Waals surface area contributed by atoms with Gasteiger partial charge in [-0.2, -0.15) is 4.72 Å². The molecule has 0 saturated heterocycles. The van der Waals surface area contributed by atoms with Gasteiger partial charge in [0.1, 0.15) is 0 Å². The molecule has 0 aliphatic heterocycles. The zero-order valence-electron chi connectivity index (χ0n) is 11.0. The summed E-state index contributed by atoms with van der Waals surface area (Å²) in [4.78, 5) is 10.9. The van der Waals surface area contributed by atoms with E-state index in [-0.39, 0.29) is 11.5 Å². The molecule has 20 heavy (non-hydrogen) atoms. The van der Waals surface area contributed by atoms with Crippen LogP contribution in [0.5, 0.6) is 0 Å². The Bertz CT molecular complexity index is 644. The summed E-state index contributed by atoms with van der Waals surface area (Å²) in [5, 5.41) is 8.63. The first-order chi connectivity index (χ1) is 9.36. The highest BCUT2D eigenvalue weighted by atomic mass is 32.2. The normalized spacial score (nSPS) is 12.3. The lowest BCUT2D eigenvalue weighted by Crippen LogP contribution is -2.42. The summed E-state index contributed by atoms with van der Waals surface area (Å²) in [7, 11) is -3.83. The van der Waals surface area contributed by atoms with Crippen LogP contribution in [0.1, 0.15) is 18.9 Å². The third-order valence-corrected chi connectivity index (χ3v) is 3.91. The third kappa shape index (κ3) is 4.66. The van der Waals surface area contributed by atoms with Crippen molar-refractivity contribution in [1.29, 1.82) is 0 Å². The monoisotopic (exact) mass is 296 g/mol. The summed E-state index contributed by atoms with van der Waals surface area (Å²) in [6.07, 6.45) is 0.313. The maximum Gasteiger partial charge on any atom is 0.241 e. The summed E-state index contributed by atoms with van der Waals surface area (Å²) in [5.74, 6) is 4.68. The van der Waals surface area contributed by atoms with Crippen LogP contribution in [-0.2, 0) is 14.8 Å². The van der Waals surface area contributed by atoms with Crippen LogP contribution in [-0.4, -0.2) is 32.1 Å². The Morgan fingerprint density at radius 3 is 2.80 bits per heavy atom. The highest BCUT2D eigenvalue weighted by Gasteiger charge is 2.20. The molecular weight excluding hydrogens is 280 g/mol. The lowest BCUT2D eigenvalue weighted by atomic mass is 10.2. The highest BCUT2D eigenvalue weighted by Crippen LogP contribution is 2.11. The molecule has 4 N–H and O–H groups in total. The van der Waals surface area contributed by atoms with Crippen LogP contribution in [0, 0.1) is 11.8 Å². The number of nitrogens with two attached hydrogens (primary N) is 1. The second-order valence-corrected chi connectivity index (χ2v) is 5.76. The van der Waals surface area contributed by atoms with Crippen molar-refractivity contribution < 1.29 is 18.3 Å². The number of rotatable bonds is 5. The molecule has 6 nitrogen and oxygen atoms in total. The van der Waals surface area contributed by atoms with Gasteiger partial charge >= 0.3 is 0 Å². The SMILES string of the molecule is CC(NS(=O)(=O)c1cccc(C#CCCO)c1)C(N)=O. The van der Waals surface area contributed by atoms with Gasteiger partial charge in [0.25, 0.3) is 0 Å². The van der Waals surface area contributed by atoms with Crippen LogP contribution in [0.15, 0.2) is 29.2 Å². The molecule has 1 rings (SSSR count). The first kappa shape index (κ1) is 16.2. The predicted octanol–water partition coefficient (Wildman–Crippen LogP) is -0.427. The molecule has 1 atom stereocenters. The van der Waals surface area contributed by atoms with Gasteiger partial charge in [-0.05, 0) is 25.1 Å². The zero-order valence-corrected chi connectivity index (χ0v) is 11.8. The molecule has 0 heterocycles. The van der Waals surface area contributed by atoms with E-state index in [9.17, 15) is 13.2 Å². The Labute approximate surface area is 118 Å². The van der Waals surface area contributed by atoms with Gasteiger partial charge < -0.3 is 10.8 Å². The van der Waals surface area contributed by atoms with Gasteiger partial charge in [-0.25, -0.2) is 8.42 Å². The molecule has 7 heteroatoms. The summed E-state index contributed by atoms with van der Waals surface area (Å²) in [6.45, 7) is 1.31. The molecule has 0 bridgehead atoms. The maximum atomic E-state index is 12.0. The van der Waals surface area contributed by atoms with Gasteiger partial charge in [-0.1, -0.05) is 17.9 Å². The summed E-state index contributed by atoms with van der Waals surface area (Å²) >= 11 is 0. The van der Waals surface area contributed by atoms with Gasteiger partial charge in [-0.15, -0.1) is 0 Å². The lowest BCUT2D eigenvalue weighted by Gasteiger charge is -2.11. The summed E-state index contributed by atoms with van der Waals surface area (Å²) in [6, 6.07) is 4.99. The zero-order chi connectivity index (χ0) is 15.2. The minimum atomic E-state index is -3.83. The number of primary amides is 1. The van der Waals surface area contributed by atoms with Crippen molar-refractivity contribution >= 4 is 15.9 Å². The van der Waals surface area contributed by atoms with Gasteiger partial charge in [0.15, 0.2) is 0 Å². The minimum Gasteiger partial charge on any atom is -0.395 e. The van der Waals surface area contributed by atoms with E-state index in [0.717, 1.165) is 0 Å². The molecule has 0 aromatic heterocycles. The first-order valence-corrected chi connectivity index (χ1v) is 7.36. The average Bonchev–Trinajstić information content (AvgIpc) is 2.39. The van der Waals surface area contributed by atoms with Crippen LogP contribution >= 0.6 is 0 Å². The van der Waals surface area contributed by atoms with Crippen LogP contribution in [0.2, 0.25) is 0 Å². The number of hydrogen-bond acceptors (Lipinski definition) is 4. The molecule has 1 amide bonds. The number of benzene rings is 1. The maximum absolute atomic E-state index is 12.0. The number of sulfonamides is 1. The number of amides is 1. The topological polar surface area (TPSA) is 109 Å². The summed E-state index contributed by atoms with van der Waals surface area (Å²) in [5.41, 5.74) is 5.53. The number of hydrogen-bond donors (Lipinski definition) is 3. The van der Waals surface area contributed by atoms with Crippen molar-refractivity contribution in [2.24, 2.45) is 5.73 Å². The Morgan fingerprint density at radius 1 is 1.50 bits per heavy atom. The molecule has 108 valence electrons. The number of carbonyl (C=O) groups is 1. The molecule has 0 spiro atoms. The number of nitrogens with one attached hydrogen (secondary N) is 1. The van der Waals surface area contributed by atoms with Crippen molar-refractivity contribution in [2.75, 3.05) is 6.61 Å². The quantitative estimate of drug-likeness (QED) is 0.641.